The second kappa shape index (κ2) is 7.62. The molecule has 0 amide bonds. The summed E-state index contributed by atoms with van der Waals surface area (Å²) in [5.41, 5.74) is 4.99. The average Bonchev–Trinajstić information content (AvgIpc) is 3.47. The number of hydrogen-bond acceptors (Lipinski definition) is 7. The fourth-order valence-corrected chi connectivity index (χ4v) is 3.90. The number of rotatable bonds is 4. The average molecular weight is 453 g/mol. The van der Waals surface area contributed by atoms with Gasteiger partial charge in [-0.1, -0.05) is 0 Å². The van der Waals surface area contributed by atoms with Crippen molar-refractivity contribution in [2.45, 2.75) is 0 Å². The Morgan fingerprint density at radius 1 is 0.941 bits per heavy atom. The first-order valence-electron chi connectivity index (χ1n) is 10.3. The molecule has 0 atom stereocenters. The summed E-state index contributed by atoms with van der Waals surface area (Å²) < 4.78 is 19.3. The zero-order valence-corrected chi connectivity index (χ0v) is 17.7. The summed E-state index contributed by atoms with van der Waals surface area (Å²) in [5.74, 6) is 0.538. The maximum atomic E-state index is 14.1. The van der Waals surface area contributed by atoms with Crippen LogP contribution in [0.3, 0.4) is 0 Å². The lowest BCUT2D eigenvalue weighted by atomic mass is 10.1. The van der Waals surface area contributed by atoms with Gasteiger partial charge in [0.1, 0.15) is 28.5 Å². The SMILES string of the molecule is COc1cc(F)cc(-c2nccc3[nH]c(-c4n[nH]c5cnc(-c6cncc(O)c6)cc45)nc23)c1. The van der Waals surface area contributed by atoms with Crippen molar-refractivity contribution in [2.24, 2.45) is 0 Å². The van der Waals surface area contributed by atoms with E-state index in [-0.39, 0.29) is 5.75 Å². The maximum absolute atomic E-state index is 14.1. The highest BCUT2D eigenvalue weighted by Crippen LogP contribution is 2.33. The summed E-state index contributed by atoms with van der Waals surface area (Å²) in [6.07, 6.45) is 6.29. The summed E-state index contributed by atoms with van der Waals surface area (Å²) in [6, 6.07) is 9.66. The van der Waals surface area contributed by atoms with Crippen LogP contribution in [0.1, 0.15) is 0 Å². The lowest BCUT2D eigenvalue weighted by molar-refractivity contribution is 0.411. The van der Waals surface area contributed by atoms with E-state index >= 15 is 0 Å². The number of aromatic nitrogens is 7. The maximum Gasteiger partial charge on any atom is 0.159 e. The van der Waals surface area contributed by atoms with Crippen LogP contribution in [-0.2, 0) is 0 Å². The van der Waals surface area contributed by atoms with Crippen molar-refractivity contribution in [1.29, 1.82) is 0 Å². The van der Waals surface area contributed by atoms with E-state index < -0.39 is 5.82 Å². The lowest BCUT2D eigenvalue weighted by Crippen LogP contribution is -1.90. The Morgan fingerprint density at radius 2 is 1.85 bits per heavy atom. The third-order valence-electron chi connectivity index (χ3n) is 5.47. The van der Waals surface area contributed by atoms with Crippen molar-refractivity contribution in [3.8, 4) is 45.5 Å². The Balaban J connectivity index is 1.50. The molecule has 0 aliphatic rings. The minimum absolute atomic E-state index is 0.0538. The van der Waals surface area contributed by atoms with Gasteiger partial charge in [0.25, 0.3) is 0 Å². The number of aromatic hydroxyl groups is 1. The number of methoxy groups -OCH3 is 1. The molecule has 5 heterocycles. The van der Waals surface area contributed by atoms with E-state index in [9.17, 15) is 9.50 Å². The number of nitrogens with zero attached hydrogens (tertiary/aromatic N) is 5. The normalized spacial score (nSPS) is 11.4. The smallest absolute Gasteiger partial charge is 0.159 e. The first kappa shape index (κ1) is 19.8. The summed E-state index contributed by atoms with van der Waals surface area (Å²) in [4.78, 5) is 20.9. The topological polar surface area (TPSA) is 125 Å². The zero-order valence-electron chi connectivity index (χ0n) is 17.7. The van der Waals surface area contributed by atoms with E-state index in [1.807, 2.05) is 6.07 Å². The molecule has 5 aromatic heterocycles. The molecule has 6 rings (SSSR count). The minimum atomic E-state index is -0.427. The van der Waals surface area contributed by atoms with Gasteiger partial charge in [0.05, 0.1) is 41.9 Å². The summed E-state index contributed by atoms with van der Waals surface area (Å²) >= 11 is 0. The highest BCUT2D eigenvalue weighted by atomic mass is 19.1. The Morgan fingerprint density at radius 3 is 2.71 bits per heavy atom. The standard InChI is InChI=1S/C24H16FN7O2/c1-34-16-6-12(4-14(25)7-16)21-23-18(2-3-27-21)29-24(30-23)22-17-8-19(28-11-20(17)31-32-22)13-5-15(33)10-26-9-13/h2-11,33H,1H3,(H,29,30)(H,31,32). The van der Waals surface area contributed by atoms with Crippen LogP contribution in [-0.4, -0.2) is 47.3 Å². The van der Waals surface area contributed by atoms with E-state index in [0.717, 1.165) is 16.4 Å². The number of fused-ring (bicyclic) bond motifs is 2. The van der Waals surface area contributed by atoms with Crippen LogP contribution in [0.2, 0.25) is 0 Å². The van der Waals surface area contributed by atoms with Crippen LogP contribution in [0.5, 0.6) is 11.5 Å². The number of H-pyrrole nitrogens is 2. The van der Waals surface area contributed by atoms with Gasteiger partial charge < -0.3 is 14.8 Å². The fourth-order valence-electron chi connectivity index (χ4n) is 3.90. The van der Waals surface area contributed by atoms with Crippen molar-refractivity contribution in [3.63, 3.8) is 0 Å². The Bertz CT molecular complexity index is 1690. The predicted octanol–water partition coefficient (Wildman–Crippen LogP) is 4.48. The van der Waals surface area contributed by atoms with Gasteiger partial charge in [-0.3, -0.25) is 20.1 Å². The van der Waals surface area contributed by atoms with E-state index in [2.05, 4.69) is 30.1 Å². The third-order valence-corrected chi connectivity index (χ3v) is 5.47. The molecular weight excluding hydrogens is 437 g/mol. The number of halogens is 1. The molecule has 0 saturated heterocycles. The first-order valence-corrected chi connectivity index (χ1v) is 10.3. The van der Waals surface area contributed by atoms with E-state index in [1.165, 1.54) is 25.4 Å². The number of aromatic amines is 2. The van der Waals surface area contributed by atoms with E-state index in [0.29, 0.717) is 45.3 Å². The number of pyridine rings is 3. The molecule has 0 aliphatic carbocycles. The highest BCUT2D eigenvalue weighted by Gasteiger charge is 2.17. The molecule has 0 spiro atoms. The Labute approximate surface area is 191 Å². The van der Waals surface area contributed by atoms with Crippen LogP contribution < -0.4 is 4.74 Å². The molecule has 0 saturated carbocycles. The molecule has 1 aromatic carbocycles. The van der Waals surface area contributed by atoms with Gasteiger partial charge >= 0.3 is 0 Å². The molecule has 34 heavy (non-hydrogen) atoms. The second-order valence-electron chi connectivity index (χ2n) is 7.64. The highest BCUT2D eigenvalue weighted by molar-refractivity contribution is 5.96. The molecule has 0 unspecified atom stereocenters. The van der Waals surface area contributed by atoms with Gasteiger partial charge in [0, 0.05) is 35.0 Å². The number of ether oxygens (including phenoxy) is 1. The third kappa shape index (κ3) is 3.28. The van der Waals surface area contributed by atoms with Crippen molar-refractivity contribution < 1.29 is 14.2 Å². The molecule has 166 valence electrons. The van der Waals surface area contributed by atoms with Gasteiger partial charge in [0.15, 0.2) is 5.82 Å². The molecule has 3 N–H and O–H groups in total. The molecular formula is C24H16FN7O2. The molecule has 0 radical (unpaired) electrons. The molecule has 9 nitrogen and oxygen atoms in total. The van der Waals surface area contributed by atoms with E-state index in [4.69, 9.17) is 9.72 Å². The van der Waals surface area contributed by atoms with Gasteiger partial charge in [-0.2, -0.15) is 5.10 Å². The molecule has 0 aliphatic heterocycles. The molecule has 0 bridgehead atoms. The number of nitrogens with one attached hydrogen (secondary N) is 2. The van der Waals surface area contributed by atoms with Crippen molar-refractivity contribution >= 4 is 21.9 Å². The van der Waals surface area contributed by atoms with Crippen LogP contribution in [0, 0.1) is 5.82 Å². The number of benzene rings is 1. The Hall–Kier alpha value is -4.86. The second-order valence-corrected chi connectivity index (χ2v) is 7.64. The monoisotopic (exact) mass is 453 g/mol. The largest absolute Gasteiger partial charge is 0.506 e. The van der Waals surface area contributed by atoms with Crippen LogP contribution in [0.15, 0.2) is 61.2 Å². The summed E-state index contributed by atoms with van der Waals surface area (Å²) in [7, 11) is 1.48. The summed E-state index contributed by atoms with van der Waals surface area (Å²) in [5, 5.41) is 18.0. The fraction of sp³-hybridized carbons (Fsp3) is 0.0417. The van der Waals surface area contributed by atoms with Crippen LogP contribution in [0.4, 0.5) is 4.39 Å². The molecule has 6 aromatic rings. The predicted molar refractivity (Wildman–Crippen MR) is 124 cm³/mol. The van der Waals surface area contributed by atoms with Crippen molar-refractivity contribution in [3.05, 3.63) is 67.0 Å². The quantitative estimate of drug-likeness (QED) is 0.359. The van der Waals surface area contributed by atoms with Gasteiger partial charge in [-0.05, 0) is 30.3 Å². The Kier molecular flexibility index (Phi) is 4.44. The van der Waals surface area contributed by atoms with Gasteiger partial charge in [0.2, 0.25) is 0 Å². The number of imidazole rings is 1. The van der Waals surface area contributed by atoms with Crippen molar-refractivity contribution in [2.75, 3.05) is 7.11 Å². The van der Waals surface area contributed by atoms with Crippen LogP contribution in [0.25, 0.3) is 56.0 Å². The molecule has 10 heteroatoms. The van der Waals surface area contributed by atoms with Crippen LogP contribution >= 0.6 is 0 Å². The minimum Gasteiger partial charge on any atom is -0.506 e. The lowest BCUT2D eigenvalue weighted by Gasteiger charge is -2.05. The van der Waals surface area contributed by atoms with Gasteiger partial charge in [-0.15, -0.1) is 0 Å². The first-order chi connectivity index (χ1) is 16.6. The molecule has 0 fully saturated rings. The van der Waals surface area contributed by atoms with Crippen molar-refractivity contribution in [1.82, 2.24) is 35.1 Å². The zero-order chi connectivity index (χ0) is 23.2. The van der Waals surface area contributed by atoms with E-state index in [1.54, 1.807) is 36.8 Å². The number of hydrogen-bond donors (Lipinski definition) is 3. The van der Waals surface area contributed by atoms with Gasteiger partial charge in [-0.25, -0.2) is 9.37 Å². The summed E-state index contributed by atoms with van der Waals surface area (Å²) in [6.45, 7) is 0.